The lowest BCUT2D eigenvalue weighted by Gasteiger charge is -2.12. The van der Waals surface area contributed by atoms with Crippen molar-refractivity contribution in [2.24, 2.45) is 0 Å². The van der Waals surface area contributed by atoms with E-state index in [1.165, 1.54) is 12.4 Å². The van der Waals surface area contributed by atoms with E-state index in [0.717, 1.165) is 10.9 Å². The Kier molecular flexibility index (Phi) is 3.69. The summed E-state index contributed by atoms with van der Waals surface area (Å²) >= 11 is 12.3. The number of aromatic nitrogens is 2. The maximum Gasteiger partial charge on any atom is 0.387 e. The zero-order valence-corrected chi connectivity index (χ0v) is 11.9. The van der Waals surface area contributed by atoms with Crippen molar-refractivity contribution in [2.75, 3.05) is 0 Å². The normalized spacial score (nSPS) is 11.3. The van der Waals surface area contributed by atoms with E-state index < -0.39 is 6.61 Å². The highest BCUT2D eigenvalue weighted by Crippen LogP contribution is 2.39. The van der Waals surface area contributed by atoms with Crippen molar-refractivity contribution in [3.05, 3.63) is 46.8 Å². The minimum Gasteiger partial charge on any atom is -0.432 e. The third kappa shape index (κ3) is 2.66. The SMILES string of the molecule is FC(F)Oc1cncc(Cl)c1-c1cc(Cl)c2[nH]ccc2c1. The zero-order chi connectivity index (χ0) is 15.0. The zero-order valence-electron chi connectivity index (χ0n) is 10.4. The molecule has 0 amide bonds. The number of alkyl halides is 2. The van der Waals surface area contributed by atoms with Gasteiger partial charge in [0.15, 0.2) is 5.75 Å². The first-order chi connectivity index (χ1) is 10.1. The van der Waals surface area contributed by atoms with Gasteiger partial charge < -0.3 is 9.72 Å². The van der Waals surface area contributed by atoms with Crippen LogP contribution in [0.1, 0.15) is 0 Å². The molecule has 0 saturated carbocycles. The number of aromatic amines is 1. The Morgan fingerprint density at radius 2 is 1.95 bits per heavy atom. The Bertz CT molecular complexity index is 805. The Balaban J connectivity index is 2.21. The molecule has 108 valence electrons. The molecule has 3 nitrogen and oxygen atoms in total. The predicted octanol–water partition coefficient (Wildman–Crippen LogP) is 5.14. The number of H-pyrrole nitrogens is 1. The average Bonchev–Trinajstić information content (AvgIpc) is 2.87. The third-order valence-corrected chi connectivity index (χ3v) is 3.57. The van der Waals surface area contributed by atoms with Crippen LogP contribution in [0.25, 0.3) is 22.0 Å². The molecule has 0 aliphatic rings. The quantitative estimate of drug-likeness (QED) is 0.723. The summed E-state index contributed by atoms with van der Waals surface area (Å²) in [5.74, 6) is -0.0940. The standard InChI is InChI=1S/C14H8Cl2F2N2O/c15-9-4-8(3-7-1-2-20-13(7)9)12-10(16)5-19-6-11(12)21-14(17)18/h1-6,14,20H. The van der Waals surface area contributed by atoms with Gasteiger partial charge in [0.05, 0.1) is 21.8 Å². The van der Waals surface area contributed by atoms with Gasteiger partial charge >= 0.3 is 6.61 Å². The van der Waals surface area contributed by atoms with Crippen LogP contribution in [0.4, 0.5) is 8.78 Å². The van der Waals surface area contributed by atoms with Crippen LogP contribution >= 0.6 is 23.2 Å². The lowest BCUT2D eigenvalue weighted by Crippen LogP contribution is -2.04. The lowest BCUT2D eigenvalue weighted by atomic mass is 10.0. The predicted molar refractivity (Wildman–Crippen MR) is 78.2 cm³/mol. The van der Waals surface area contributed by atoms with Gasteiger partial charge in [0.2, 0.25) is 0 Å². The number of pyridine rings is 1. The molecular weight excluding hydrogens is 321 g/mol. The third-order valence-electron chi connectivity index (χ3n) is 2.98. The number of nitrogens with zero attached hydrogens (tertiary/aromatic N) is 1. The van der Waals surface area contributed by atoms with Gasteiger partial charge in [0.1, 0.15) is 0 Å². The summed E-state index contributed by atoms with van der Waals surface area (Å²) in [5.41, 5.74) is 1.68. The van der Waals surface area contributed by atoms with Crippen LogP contribution in [-0.4, -0.2) is 16.6 Å². The van der Waals surface area contributed by atoms with Gasteiger partial charge in [0.25, 0.3) is 0 Å². The smallest absolute Gasteiger partial charge is 0.387 e. The van der Waals surface area contributed by atoms with E-state index in [1.807, 2.05) is 6.07 Å². The molecule has 3 rings (SSSR count). The molecule has 1 N–H and O–H groups in total. The van der Waals surface area contributed by atoms with Gasteiger partial charge in [-0.15, -0.1) is 0 Å². The summed E-state index contributed by atoms with van der Waals surface area (Å²) in [6.45, 7) is -2.96. The summed E-state index contributed by atoms with van der Waals surface area (Å²) in [4.78, 5) is 6.77. The maximum atomic E-state index is 12.5. The van der Waals surface area contributed by atoms with Gasteiger partial charge in [0, 0.05) is 23.3 Å². The van der Waals surface area contributed by atoms with Crippen LogP contribution in [0, 0.1) is 0 Å². The summed E-state index contributed by atoms with van der Waals surface area (Å²) in [6, 6.07) is 5.25. The minimum absolute atomic E-state index is 0.0940. The van der Waals surface area contributed by atoms with Crippen molar-refractivity contribution in [3.63, 3.8) is 0 Å². The number of fused-ring (bicyclic) bond motifs is 1. The number of benzene rings is 1. The molecule has 3 aromatic rings. The molecule has 0 bridgehead atoms. The van der Waals surface area contributed by atoms with Gasteiger partial charge in [-0.25, -0.2) is 0 Å². The van der Waals surface area contributed by atoms with Crippen molar-refractivity contribution in [1.82, 2.24) is 9.97 Å². The van der Waals surface area contributed by atoms with E-state index in [1.54, 1.807) is 18.3 Å². The summed E-state index contributed by atoms with van der Waals surface area (Å²) in [5, 5.41) is 1.51. The van der Waals surface area contributed by atoms with Gasteiger partial charge in [-0.2, -0.15) is 8.78 Å². The molecule has 1 aromatic carbocycles. The number of hydrogen-bond acceptors (Lipinski definition) is 2. The lowest BCUT2D eigenvalue weighted by molar-refractivity contribution is -0.0496. The fourth-order valence-corrected chi connectivity index (χ4v) is 2.69. The molecule has 0 spiro atoms. The van der Waals surface area contributed by atoms with Crippen LogP contribution < -0.4 is 4.74 Å². The molecule has 0 atom stereocenters. The van der Waals surface area contributed by atoms with Crippen molar-refractivity contribution >= 4 is 34.1 Å². The molecule has 2 heterocycles. The van der Waals surface area contributed by atoms with Crippen molar-refractivity contribution in [2.45, 2.75) is 6.61 Å². The number of hydrogen-bond donors (Lipinski definition) is 1. The topological polar surface area (TPSA) is 37.9 Å². The van der Waals surface area contributed by atoms with E-state index in [9.17, 15) is 8.78 Å². The molecule has 0 unspecified atom stereocenters. The van der Waals surface area contributed by atoms with Crippen LogP contribution in [0.3, 0.4) is 0 Å². The van der Waals surface area contributed by atoms with Gasteiger partial charge in [-0.05, 0) is 23.8 Å². The van der Waals surface area contributed by atoms with E-state index in [0.29, 0.717) is 16.1 Å². The van der Waals surface area contributed by atoms with Crippen molar-refractivity contribution in [1.29, 1.82) is 0 Å². The monoisotopic (exact) mass is 328 g/mol. The first-order valence-corrected chi connectivity index (χ1v) is 6.67. The molecular formula is C14H8Cl2F2N2O. The Morgan fingerprint density at radius 1 is 1.14 bits per heavy atom. The minimum atomic E-state index is -2.96. The van der Waals surface area contributed by atoms with Crippen molar-refractivity contribution < 1.29 is 13.5 Å². The van der Waals surface area contributed by atoms with E-state index in [2.05, 4.69) is 14.7 Å². The average molecular weight is 329 g/mol. The molecule has 7 heteroatoms. The summed E-state index contributed by atoms with van der Waals surface area (Å²) in [7, 11) is 0. The first-order valence-electron chi connectivity index (χ1n) is 5.91. The van der Waals surface area contributed by atoms with Crippen LogP contribution in [-0.2, 0) is 0 Å². The Morgan fingerprint density at radius 3 is 2.71 bits per heavy atom. The second kappa shape index (κ2) is 5.50. The second-order valence-electron chi connectivity index (χ2n) is 4.27. The Labute approximate surface area is 128 Å². The number of nitrogens with one attached hydrogen (secondary N) is 1. The van der Waals surface area contributed by atoms with E-state index in [4.69, 9.17) is 23.2 Å². The highest BCUT2D eigenvalue weighted by molar-refractivity contribution is 6.36. The molecule has 0 aliphatic carbocycles. The largest absolute Gasteiger partial charge is 0.432 e. The van der Waals surface area contributed by atoms with Crippen molar-refractivity contribution in [3.8, 4) is 16.9 Å². The molecule has 0 fully saturated rings. The number of halogens is 4. The second-order valence-corrected chi connectivity index (χ2v) is 5.09. The first kappa shape index (κ1) is 14.1. The van der Waals surface area contributed by atoms with Crippen LogP contribution in [0.15, 0.2) is 36.8 Å². The fraction of sp³-hybridized carbons (Fsp3) is 0.0714. The number of rotatable bonds is 3. The molecule has 0 aliphatic heterocycles. The molecule has 2 aromatic heterocycles. The molecule has 21 heavy (non-hydrogen) atoms. The highest BCUT2D eigenvalue weighted by Gasteiger charge is 2.16. The van der Waals surface area contributed by atoms with E-state index in [-0.39, 0.29) is 10.8 Å². The van der Waals surface area contributed by atoms with Gasteiger partial charge in [-0.1, -0.05) is 23.2 Å². The van der Waals surface area contributed by atoms with Gasteiger partial charge in [-0.3, -0.25) is 4.98 Å². The molecule has 0 saturated heterocycles. The van der Waals surface area contributed by atoms with Crippen LogP contribution in [0.5, 0.6) is 5.75 Å². The fourth-order valence-electron chi connectivity index (χ4n) is 2.15. The number of ether oxygens (including phenoxy) is 1. The molecule has 0 radical (unpaired) electrons. The maximum absolute atomic E-state index is 12.5. The Hall–Kier alpha value is -1.85. The van der Waals surface area contributed by atoms with E-state index >= 15 is 0 Å². The summed E-state index contributed by atoms with van der Waals surface area (Å²) in [6.07, 6.45) is 4.30. The van der Waals surface area contributed by atoms with Crippen LogP contribution in [0.2, 0.25) is 10.0 Å². The highest BCUT2D eigenvalue weighted by atomic mass is 35.5. The summed E-state index contributed by atoms with van der Waals surface area (Å²) < 4.78 is 29.5.